The van der Waals surface area contributed by atoms with Crippen LogP contribution in [0.3, 0.4) is 0 Å². The topological polar surface area (TPSA) is 138 Å². The van der Waals surface area contributed by atoms with Crippen LogP contribution in [0.2, 0.25) is 0 Å². The van der Waals surface area contributed by atoms with Gasteiger partial charge in [-0.25, -0.2) is 31.5 Å². The number of nitrogens with one attached hydrogen (secondary N) is 2. The lowest BCUT2D eigenvalue weighted by Crippen LogP contribution is -2.24. The van der Waals surface area contributed by atoms with Crippen LogP contribution < -0.4 is 14.3 Å². The number of carbonyl (C=O) groups excluding carboxylic acids is 1. The second kappa shape index (κ2) is 8.93. The van der Waals surface area contributed by atoms with Crippen molar-refractivity contribution in [2.75, 3.05) is 27.6 Å². The van der Waals surface area contributed by atoms with Crippen LogP contribution in [-0.2, 0) is 20.0 Å². The number of hydrogen-bond acceptors (Lipinski definition) is 7. The van der Waals surface area contributed by atoms with E-state index in [0.29, 0.717) is 22.6 Å². The lowest BCUT2D eigenvalue weighted by Gasteiger charge is -2.16. The van der Waals surface area contributed by atoms with Crippen LogP contribution in [0.1, 0.15) is 16.1 Å². The number of amides is 1. The number of hydrogen-bond donors (Lipinski definition) is 2. The summed E-state index contributed by atoms with van der Waals surface area (Å²) >= 11 is 0. The first-order valence-corrected chi connectivity index (χ1v) is 12.6. The molecule has 32 heavy (non-hydrogen) atoms. The highest BCUT2D eigenvalue weighted by molar-refractivity contribution is 7.92. The quantitative estimate of drug-likeness (QED) is 0.534. The van der Waals surface area contributed by atoms with E-state index in [1.807, 2.05) is 0 Å². The first kappa shape index (κ1) is 23.2. The predicted octanol–water partition coefficient (Wildman–Crippen LogP) is 2.23. The SMILES string of the molecule is Cc1ccnc(NS(=O)(=O)c2ccc(NC(=O)c3ccc(N(C)S(C)(=O)=O)cc3)cc2)n1. The van der Waals surface area contributed by atoms with Crippen LogP contribution in [-0.4, -0.2) is 46.0 Å². The number of rotatable bonds is 7. The van der Waals surface area contributed by atoms with Crippen molar-refractivity contribution in [2.45, 2.75) is 11.8 Å². The van der Waals surface area contributed by atoms with E-state index >= 15 is 0 Å². The molecule has 0 bridgehead atoms. The Labute approximate surface area is 186 Å². The minimum Gasteiger partial charge on any atom is -0.322 e. The molecule has 1 amide bonds. The van der Waals surface area contributed by atoms with Gasteiger partial charge < -0.3 is 5.32 Å². The van der Waals surface area contributed by atoms with Crippen LogP contribution in [0.5, 0.6) is 0 Å². The third-order valence-electron chi connectivity index (χ3n) is 4.43. The molecule has 0 fully saturated rings. The van der Waals surface area contributed by atoms with Gasteiger partial charge in [-0.15, -0.1) is 0 Å². The summed E-state index contributed by atoms with van der Waals surface area (Å²) in [5, 5.41) is 2.66. The van der Waals surface area contributed by atoms with Crippen LogP contribution in [0.15, 0.2) is 65.7 Å². The molecule has 0 aliphatic carbocycles. The van der Waals surface area contributed by atoms with Crippen LogP contribution in [0.25, 0.3) is 0 Å². The number of benzene rings is 2. The summed E-state index contributed by atoms with van der Waals surface area (Å²) in [6.07, 6.45) is 2.53. The molecule has 12 heteroatoms. The third-order valence-corrected chi connectivity index (χ3v) is 6.98. The highest BCUT2D eigenvalue weighted by Crippen LogP contribution is 2.19. The Morgan fingerprint density at radius 1 is 0.938 bits per heavy atom. The number of anilines is 3. The van der Waals surface area contributed by atoms with Gasteiger partial charge in [-0.1, -0.05) is 0 Å². The van der Waals surface area contributed by atoms with Gasteiger partial charge in [-0.2, -0.15) is 0 Å². The fraction of sp³-hybridized carbons (Fsp3) is 0.150. The summed E-state index contributed by atoms with van der Waals surface area (Å²) < 4.78 is 51.6. The monoisotopic (exact) mass is 475 g/mol. The molecule has 0 aliphatic rings. The fourth-order valence-corrected chi connectivity index (χ4v) is 4.07. The summed E-state index contributed by atoms with van der Waals surface area (Å²) in [4.78, 5) is 20.3. The van der Waals surface area contributed by atoms with Crippen LogP contribution in [0.4, 0.5) is 17.3 Å². The number of carbonyl (C=O) groups is 1. The number of nitrogens with zero attached hydrogens (tertiary/aromatic N) is 3. The number of sulfonamides is 2. The molecule has 3 aromatic rings. The van der Waals surface area contributed by atoms with Gasteiger partial charge in [0, 0.05) is 30.2 Å². The zero-order chi connectivity index (χ0) is 23.5. The molecule has 0 radical (unpaired) electrons. The zero-order valence-electron chi connectivity index (χ0n) is 17.5. The third kappa shape index (κ3) is 5.59. The lowest BCUT2D eigenvalue weighted by molar-refractivity contribution is 0.102. The summed E-state index contributed by atoms with van der Waals surface area (Å²) in [7, 11) is -5.88. The maximum atomic E-state index is 12.5. The summed E-state index contributed by atoms with van der Waals surface area (Å²) in [5.74, 6) is -0.465. The molecule has 0 aliphatic heterocycles. The van der Waals surface area contributed by atoms with Gasteiger partial charge in [-0.3, -0.25) is 9.10 Å². The van der Waals surface area contributed by atoms with E-state index in [1.54, 1.807) is 13.0 Å². The Morgan fingerprint density at radius 2 is 1.56 bits per heavy atom. The van der Waals surface area contributed by atoms with E-state index < -0.39 is 26.0 Å². The minimum atomic E-state index is -3.89. The van der Waals surface area contributed by atoms with Crippen LogP contribution >= 0.6 is 0 Å². The maximum absolute atomic E-state index is 12.5. The van der Waals surface area contributed by atoms with Gasteiger partial charge >= 0.3 is 0 Å². The molecule has 3 rings (SSSR count). The van der Waals surface area contributed by atoms with E-state index in [-0.39, 0.29) is 10.8 Å². The van der Waals surface area contributed by atoms with E-state index in [0.717, 1.165) is 10.6 Å². The van der Waals surface area contributed by atoms with Crippen molar-refractivity contribution in [3.05, 3.63) is 72.1 Å². The number of aromatic nitrogens is 2. The van der Waals surface area contributed by atoms with Gasteiger partial charge in [0.15, 0.2) is 0 Å². The Hall–Kier alpha value is -3.51. The first-order chi connectivity index (χ1) is 15.0. The molecule has 0 saturated carbocycles. The van der Waals surface area contributed by atoms with E-state index in [9.17, 15) is 21.6 Å². The zero-order valence-corrected chi connectivity index (χ0v) is 19.1. The second-order valence-corrected chi connectivity index (χ2v) is 10.6. The molecule has 1 heterocycles. The summed E-state index contributed by atoms with van der Waals surface area (Å²) in [5.41, 5.74) is 1.74. The highest BCUT2D eigenvalue weighted by atomic mass is 32.2. The largest absolute Gasteiger partial charge is 0.322 e. The Balaban J connectivity index is 1.69. The molecule has 0 atom stereocenters. The molecule has 168 valence electrons. The first-order valence-electron chi connectivity index (χ1n) is 9.23. The Morgan fingerprint density at radius 3 is 2.12 bits per heavy atom. The van der Waals surface area contributed by atoms with E-state index in [2.05, 4.69) is 20.0 Å². The standard InChI is InChI=1S/C20H21N5O5S2/c1-14-12-13-21-20(22-14)24-32(29,30)18-10-6-16(7-11-18)23-19(26)15-4-8-17(9-5-15)25(2)31(3,27)28/h4-13H,1-3H3,(H,23,26)(H,21,22,24). The molecular formula is C20H21N5O5S2. The smallest absolute Gasteiger partial charge is 0.264 e. The van der Waals surface area contributed by atoms with Gasteiger partial charge in [0.25, 0.3) is 15.9 Å². The molecular weight excluding hydrogens is 454 g/mol. The molecule has 2 N–H and O–H groups in total. The predicted molar refractivity (Wildman–Crippen MR) is 122 cm³/mol. The van der Waals surface area contributed by atoms with Gasteiger partial charge in [0.2, 0.25) is 16.0 Å². The normalized spacial score (nSPS) is 11.6. The van der Waals surface area contributed by atoms with E-state index in [1.165, 1.54) is 61.8 Å². The van der Waals surface area contributed by atoms with Crippen molar-refractivity contribution in [1.29, 1.82) is 0 Å². The second-order valence-electron chi connectivity index (χ2n) is 6.88. The van der Waals surface area contributed by atoms with Crippen molar-refractivity contribution < 1.29 is 21.6 Å². The average Bonchev–Trinajstić information content (AvgIpc) is 2.73. The van der Waals surface area contributed by atoms with E-state index in [4.69, 9.17) is 0 Å². The van der Waals surface area contributed by atoms with Crippen molar-refractivity contribution >= 4 is 43.3 Å². The number of aryl methyl sites for hydroxylation is 1. The average molecular weight is 476 g/mol. The molecule has 0 unspecified atom stereocenters. The van der Waals surface area contributed by atoms with Crippen LogP contribution in [0, 0.1) is 6.92 Å². The van der Waals surface area contributed by atoms with Crippen molar-refractivity contribution in [3.63, 3.8) is 0 Å². The Bertz CT molecular complexity index is 1340. The molecule has 10 nitrogen and oxygen atoms in total. The van der Waals surface area contributed by atoms with Crippen molar-refractivity contribution in [3.8, 4) is 0 Å². The van der Waals surface area contributed by atoms with Gasteiger partial charge in [0.05, 0.1) is 16.8 Å². The van der Waals surface area contributed by atoms with Gasteiger partial charge in [0.1, 0.15) is 0 Å². The van der Waals surface area contributed by atoms with Crippen molar-refractivity contribution in [2.24, 2.45) is 0 Å². The maximum Gasteiger partial charge on any atom is 0.264 e. The molecule has 0 saturated heterocycles. The summed E-state index contributed by atoms with van der Waals surface area (Å²) in [6.45, 7) is 1.72. The molecule has 1 aromatic heterocycles. The Kier molecular flexibility index (Phi) is 6.46. The molecule has 2 aromatic carbocycles. The lowest BCUT2D eigenvalue weighted by atomic mass is 10.2. The van der Waals surface area contributed by atoms with Gasteiger partial charge in [-0.05, 0) is 61.5 Å². The highest BCUT2D eigenvalue weighted by Gasteiger charge is 2.16. The summed E-state index contributed by atoms with van der Waals surface area (Å²) in [6, 6.07) is 13.3. The fourth-order valence-electron chi connectivity index (χ4n) is 2.61. The minimum absolute atomic E-state index is 0.0197. The van der Waals surface area contributed by atoms with Crippen molar-refractivity contribution in [1.82, 2.24) is 9.97 Å². The molecule has 0 spiro atoms.